The van der Waals surface area contributed by atoms with Crippen LogP contribution in [0.5, 0.6) is 5.75 Å². The van der Waals surface area contributed by atoms with Gasteiger partial charge in [-0.2, -0.15) is 5.26 Å². The van der Waals surface area contributed by atoms with E-state index in [0.29, 0.717) is 5.56 Å². The molecule has 0 aliphatic rings. The van der Waals surface area contributed by atoms with E-state index in [9.17, 15) is 0 Å². The van der Waals surface area contributed by atoms with Gasteiger partial charge in [0.2, 0.25) is 0 Å². The van der Waals surface area contributed by atoms with Gasteiger partial charge in [0, 0.05) is 17.4 Å². The molecule has 3 aromatic rings. The summed E-state index contributed by atoms with van der Waals surface area (Å²) < 4.78 is 10.6. The first-order chi connectivity index (χ1) is 11.8. The summed E-state index contributed by atoms with van der Waals surface area (Å²) in [5, 5.41) is 12.9. The van der Waals surface area contributed by atoms with Crippen LogP contribution in [0.2, 0.25) is 0 Å². The van der Waals surface area contributed by atoms with E-state index in [2.05, 4.69) is 11.2 Å². The van der Waals surface area contributed by atoms with Crippen molar-refractivity contribution >= 4 is 11.8 Å². The molecule has 4 nitrogen and oxygen atoms in total. The summed E-state index contributed by atoms with van der Waals surface area (Å²) >= 11 is 1.75. The van der Waals surface area contributed by atoms with E-state index < -0.39 is 0 Å². The van der Waals surface area contributed by atoms with Crippen LogP contribution >= 0.6 is 11.8 Å². The van der Waals surface area contributed by atoms with Crippen molar-refractivity contribution in [1.82, 2.24) is 5.16 Å². The molecular weight excluding hydrogens is 320 g/mol. The van der Waals surface area contributed by atoms with E-state index in [1.54, 1.807) is 18.9 Å². The Morgan fingerprint density at radius 2 is 1.83 bits per heavy atom. The molecule has 0 spiro atoms. The minimum atomic E-state index is 0.683. The summed E-state index contributed by atoms with van der Waals surface area (Å²) in [5.74, 6) is 3.29. The first-order valence-corrected chi connectivity index (χ1v) is 8.61. The number of hydrogen-bond acceptors (Lipinski definition) is 5. The maximum Gasteiger partial charge on any atom is 0.147 e. The van der Waals surface area contributed by atoms with Crippen LogP contribution in [0.4, 0.5) is 0 Å². The van der Waals surface area contributed by atoms with Gasteiger partial charge in [0.05, 0.1) is 24.5 Å². The van der Waals surface area contributed by atoms with Crippen molar-refractivity contribution < 1.29 is 9.26 Å². The molecule has 0 atom stereocenters. The first kappa shape index (κ1) is 16.2. The Balaban J connectivity index is 1.56. The lowest BCUT2D eigenvalue weighted by molar-refractivity contribution is 0.397. The second-order valence-corrected chi connectivity index (χ2v) is 6.19. The second kappa shape index (κ2) is 7.71. The molecular formula is C19H16N2O2S. The van der Waals surface area contributed by atoms with Crippen molar-refractivity contribution in [3.05, 3.63) is 71.5 Å². The molecule has 0 fully saturated rings. The molecule has 1 heterocycles. The predicted molar refractivity (Wildman–Crippen MR) is 94.6 cm³/mol. The third kappa shape index (κ3) is 3.98. The summed E-state index contributed by atoms with van der Waals surface area (Å²) in [7, 11) is 1.65. The van der Waals surface area contributed by atoms with Gasteiger partial charge in [-0.25, -0.2) is 0 Å². The standard InChI is InChI=1S/C19H16N2O2S/c1-22-17-8-6-16(7-9-17)19-10-18(23-21-19)13-24-12-15-4-2-14(11-20)3-5-15/h2-10H,12-13H2,1H3. The van der Waals surface area contributed by atoms with E-state index in [0.717, 1.165) is 34.3 Å². The van der Waals surface area contributed by atoms with Crippen molar-refractivity contribution in [2.24, 2.45) is 0 Å². The van der Waals surface area contributed by atoms with Gasteiger partial charge in [-0.1, -0.05) is 17.3 Å². The fourth-order valence-corrected chi connectivity index (χ4v) is 3.09. The summed E-state index contributed by atoms with van der Waals surface area (Å²) in [6.45, 7) is 0. The summed E-state index contributed by atoms with van der Waals surface area (Å²) in [6.07, 6.45) is 0. The molecule has 0 radical (unpaired) electrons. The Hall–Kier alpha value is -2.71. The highest BCUT2D eigenvalue weighted by Crippen LogP contribution is 2.25. The van der Waals surface area contributed by atoms with Gasteiger partial charge in [0.15, 0.2) is 0 Å². The van der Waals surface area contributed by atoms with Crippen LogP contribution in [-0.4, -0.2) is 12.3 Å². The SMILES string of the molecule is COc1ccc(-c2cc(CSCc3ccc(C#N)cc3)on2)cc1. The van der Waals surface area contributed by atoms with Gasteiger partial charge in [0.1, 0.15) is 17.2 Å². The summed E-state index contributed by atoms with van der Waals surface area (Å²) in [6, 6.07) is 19.5. The second-order valence-electron chi connectivity index (χ2n) is 5.21. The van der Waals surface area contributed by atoms with E-state index in [-0.39, 0.29) is 0 Å². The maximum atomic E-state index is 8.80. The number of hydrogen-bond donors (Lipinski definition) is 0. The first-order valence-electron chi connectivity index (χ1n) is 7.45. The van der Waals surface area contributed by atoms with Gasteiger partial charge in [-0.05, 0) is 42.0 Å². The van der Waals surface area contributed by atoms with Gasteiger partial charge < -0.3 is 9.26 Å². The molecule has 0 aliphatic carbocycles. The number of thioether (sulfide) groups is 1. The van der Waals surface area contributed by atoms with Gasteiger partial charge in [-0.3, -0.25) is 0 Å². The number of rotatable bonds is 6. The number of aromatic nitrogens is 1. The zero-order chi connectivity index (χ0) is 16.8. The quantitative estimate of drug-likeness (QED) is 0.655. The average Bonchev–Trinajstić information content (AvgIpc) is 3.11. The van der Waals surface area contributed by atoms with Gasteiger partial charge in [-0.15, -0.1) is 11.8 Å². The molecule has 0 N–H and O–H groups in total. The van der Waals surface area contributed by atoms with Crippen LogP contribution in [0.1, 0.15) is 16.9 Å². The van der Waals surface area contributed by atoms with Crippen molar-refractivity contribution in [2.45, 2.75) is 11.5 Å². The fraction of sp³-hybridized carbons (Fsp3) is 0.158. The van der Waals surface area contributed by atoms with Gasteiger partial charge in [0.25, 0.3) is 0 Å². The average molecular weight is 336 g/mol. The minimum Gasteiger partial charge on any atom is -0.497 e. The van der Waals surface area contributed by atoms with Crippen LogP contribution in [0.3, 0.4) is 0 Å². The van der Waals surface area contributed by atoms with E-state index in [1.807, 2.05) is 54.6 Å². The molecule has 0 saturated heterocycles. The van der Waals surface area contributed by atoms with Crippen molar-refractivity contribution in [3.8, 4) is 23.1 Å². The molecule has 0 bridgehead atoms. The summed E-state index contributed by atoms with van der Waals surface area (Å²) in [4.78, 5) is 0. The Kier molecular flexibility index (Phi) is 5.19. The molecule has 2 aromatic carbocycles. The van der Waals surface area contributed by atoms with E-state index in [4.69, 9.17) is 14.5 Å². The number of ether oxygens (including phenoxy) is 1. The van der Waals surface area contributed by atoms with E-state index in [1.165, 1.54) is 5.56 Å². The predicted octanol–water partition coefficient (Wildman–Crippen LogP) is 4.66. The lowest BCUT2D eigenvalue weighted by Gasteiger charge is -2.00. The molecule has 5 heteroatoms. The fourth-order valence-electron chi connectivity index (χ4n) is 2.22. The van der Waals surface area contributed by atoms with E-state index >= 15 is 0 Å². The maximum absolute atomic E-state index is 8.80. The topological polar surface area (TPSA) is 59.0 Å². The molecule has 0 amide bonds. The molecule has 3 rings (SSSR count). The smallest absolute Gasteiger partial charge is 0.147 e. The monoisotopic (exact) mass is 336 g/mol. The molecule has 0 saturated carbocycles. The Morgan fingerprint density at radius 1 is 1.08 bits per heavy atom. The summed E-state index contributed by atoms with van der Waals surface area (Å²) in [5.41, 5.74) is 3.70. The third-order valence-corrected chi connectivity index (χ3v) is 4.57. The number of nitrogens with zero attached hydrogens (tertiary/aromatic N) is 2. The zero-order valence-electron chi connectivity index (χ0n) is 13.2. The lowest BCUT2D eigenvalue weighted by atomic mass is 10.1. The molecule has 24 heavy (non-hydrogen) atoms. The number of nitriles is 1. The zero-order valence-corrected chi connectivity index (χ0v) is 14.0. The lowest BCUT2D eigenvalue weighted by Crippen LogP contribution is -1.83. The van der Waals surface area contributed by atoms with Crippen LogP contribution in [0, 0.1) is 11.3 Å². The van der Waals surface area contributed by atoms with Crippen LogP contribution < -0.4 is 4.74 Å². The van der Waals surface area contributed by atoms with Crippen LogP contribution in [-0.2, 0) is 11.5 Å². The molecule has 1 aromatic heterocycles. The van der Waals surface area contributed by atoms with Crippen molar-refractivity contribution in [3.63, 3.8) is 0 Å². The minimum absolute atomic E-state index is 0.683. The number of methoxy groups -OCH3 is 1. The third-order valence-electron chi connectivity index (χ3n) is 3.54. The normalized spacial score (nSPS) is 10.3. The van der Waals surface area contributed by atoms with Gasteiger partial charge >= 0.3 is 0 Å². The number of benzene rings is 2. The van der Waals surface area contributed by atoms with Crippen LogP contribution in [0.25, 0.3) is 11.3 Å². The molecule has 0 aliphatic heterocycles. The van der Waals surface area contributed by atoms with Crippen molar-refractivity contribution in [2.75, 3.05) is 7.11 Å². The Morgan fingerprint density at radius 3 is 2.50 bits per heavy atom. The largest absolute Gasteiger partial charge is 0.497 e. The van der Waals surface area contributed by atoms with Crippen molar-refractivity contribution in [1.29, 1.82) is 5.26 Å². The van der Waals surface area contributed by atoms with Crippen LogP contribution in [0.15, 0.2) is 59.1 Å². The molecule has 0 unspecified atom stereocenters. The highest BCUT2D eigenvalue weighted by Gasteiger charge is 2.07. The molecule has 120 valence electrons. The Bertz CT molecular complexity index is 833. The Labute approximate surface area is 145 Å². The highest BCUT2D eigenvalue weighted by molar-refractivity contribution is 7.97. The highest BCUT2D eigenvalue weighted by atomic mass is 32.2.